The minimum Gasteiger partial charge on any atom is -0.496 e. The van der Waals surface area contributed by atoms with Gasteiger partial charge in [0.2, 0.25) is 0 Å². The Balaban J connectivity index is 2.73. The highest BCUT2D eigenvalue weighted by atomic mass is 16.5. The number of rotatable bonds is 6. The van der Waals surface area contributed by atoms with Crippen LogP contribution in [0.3, 0.4) is 0 Å². The van der Waals surface area contributed by atoms with E-state index in [9.17, 15) is 4.79 Å². The highest BCUT2D eigenvalue weighted by Gasteiger charge is 2.26. The van der Waals surface area contributed by atoms with Crippen LogP contribution in [0.4, 0.5) is 0 Å². The van der Waals surface area contributed by atoms with Crippen LogP contribution < -0.4 is 10.1 Å². The molecule has 0 amide bonds. The van der Waals surface area contributed by atoms with Crippen molar-refractivity contribution in [2.75, 3.05) is 13.7 Å². The number of hydrogen-bond acceptors (Lipinski definition) is 3. The SMILES string of the molecule is COc1cc(C)c(C)cc1CNCC(C)(C)C(=O)O. The molecule has 0 fully saturated rings. The van der Waals surface area contributed by atoms with Gasteiger partial charge in [0.05, 0.1) is 12.5 Å². The number of benzene rings is 1. The van der Waals surface area contributed by atoms with Crippen LogP contribution >= 0.6 is 0 Å². The lowest BCUT2D eigenvalue weighted by molar-refractivity contribution is -0.146. The lowest BCUT2D eigenvalue weighted by atomic mass is 9.94. The lowest BCUT2D eigenvalue weighted by Gasteiger charge is -2.20. The maximum absolute atomic E-state index is 11.0. The average molecular weight is 265 g/mol. The van der Waals surface area contributed by atoms with Gasteiger partial charge in [0, 0.05) is 18.7 Å². The van der Waals surface area contributed by atoms with Crippen LogP contribution in [-0.2, 0) is 11.3 Å². The highest BCUT2D eigenvalue weighted by molar-refractivity contribution is 5.73. The molecule has 0 bridgehead atoms. The Morgan fingerprint density at radius 2 is 1.89 bits per heavy atom. The summed E-state index contributed by atoms with van der Waals surface area (Å²) in [6, 6.07) is 4.09. The Hall–Kier alpha value is -1.55. The highest BCUT2D eigenvalue weighted by Crippen LogP contribution is 2.23. The van der Waals surface area contributed by atoms with Crippen molar-refractivity contribution in [3.8, 4) is 5.75 Å². The van der Waals surface area contributed by atoms with Gasteiger partial charge in [0.15, 0.2) is 0 Å². The van der Waals surface area contributed by atoms with Gasteiger partial charge in [0.1, 0.15) is 5.75 Å². The minimum atomic E-state index is -0.799. The van der Waals surface area contributed by atoms with E-state index in [1.165, 1.54) is 11.1 Å². The van der Waals surface area contributed by atoms with E-state index >= 15 is 0 Å². The number of hydrogen-bond donors (Lipinski definition) is 2. The first-order valence-corrected chi connectivity index (χ1v) is 6.36. The van der Waals surface area contributed by atoms with Gasteiger partial charge in [-0.3, -0.25) is 4.79 Å². The first-order chi connectivity index (χ1) is 8.77. The number of nitrogens with one attached hydrogen (secondary N) is 1. The van der Waals surface area contributed by atoms with E-state index in [0.717, 1.165) is 11.3 Å². The van der Waals surface area contributed by atoms with Gasteiger partial charge in [-0.2, -0.15) is 0 Å². The molecule has 0 atom stereocenters. The molecule has 106 valence electrons. The van der Waals surface area contributed by atoms with Crippen molar-refractivity contribution < 1.29 is 14.6 Å². The van der Waals surface area contributed by atoms with Crippen molar-refractivity contribution in [1.82, 2.24) is 5.32 Å². The van der Waals surface area contributed by atoms with Gasteiger partial charge in [-0.05, 0) is 44.9 Å². The minimum absolute atomic E-state index is 0.415. The van der Waals surface area contributed by atoms with Gasteiger partial charge in [-0.25, -0.2) is 0 Å². The van der Waals surface area contributed by atoms with E-state index in [1.54, 1.807) is 21.0 Å². The third-order valence-corrected chi connectivity index (χ3v) is 3.36. The van der Waals surface area contributed by atoms with Gasteiger partial charge in [0.25, 0.3) is 0 Å². The van der Waals surface area contributed by atoms with Crippen LogP contribution in [0.1, 0.15) is 30.5 Å². The van der Waals surface area contributed by atoms with Gasteiger partial charge in [-0.1, -0.05) is 6.07 Å². The van der Waals surface area contributed by atoms with Crippen molar-refractivity contribution in [3.63, 3.8) is 0 Å². The number of ether oxygens (including phenoxy) is 1. The molecule has 1 aromatic carbocycles. The number of aliphatic carboxylic acids is 1. The molecule has 0 unspecified atom stereocenters. The summed E-state index contributed by atoms with van der Waals surface area (Å²) in [7, 11) is 1.65. The molecular formula is C15H23NO3. The van der Waals surface area contributed by atoms with Crippen molar-refractivity contribution in [2.45, 2.75) is 34.2 Å². The van der Waals surface area contributed by atoms with E-state index in [1.807, 2.05) is 13.0 Å². The molecule has 0 saturated carbocycles. The third-order valence-electron chi connectivity index (χ3n) is 3.36. The molecule has 0 spiro atoms. The largest absolute Gasteiger partial charge is 0.496 e. The molecule has 0 aliphatic heterocycles. The monoisotopic (exact) mass is 265 g/mol. The van der Waals surface area contributed by atoms with Crippen molar-refractivity contribution in [3.05, 3.63) is 28.8 Å². The zero-order valence-electron chi connectivity index (χ0n) is 12.3. The van der Waals surface area contributed by atoms with E-state index < -0.39 is 11.4 Å². The fourth-order valence-electron chi connectivity index (χ4n) is 1.76. The average Bonchev–Trinajstić information content (AvgIpc) is 2.32. The third kappa shape index (κ3) is 3.96. The van der Waals surface area contributed by atoms with Crippen LogP contribution in [0.15, 0.2) is 12.1 Å². The molecule has 0 saturated heterocycles. The van der Waals surface area contributed by atoms with Crippen LogP contribution in [-0.4, -0.2) is 24.7 Å². The number of carboxylic acid groups (broad SMARTS) is 1. The van der Waals surface area contributed by atoms with E-state index in [2.05, 4.69) is 18.3 Å². The quantitative estimate of drug-likeness (QED) is 0.829. The zero-order valence-corrected chi connectivity index (χ0v) is 12.3. The van der Waals surface area contributed by atoms with E-state index in [4.69, 9.17) is 9.84 Å². The Morgan fingerprint density at radius 3 is 2.42 bits per heavy atom. The van der Waals surface area contributed by atoms with Crippen LogP contribution in [0.25, 0.3) is 0 Å². The Bertz CT molecular complexity index is 467. The molecule has 19 heavy (non-hydrogen) atoms. The predicted octanol–water partition coefficient (Wildman–Crippen LogP) is 2.51. The summed E-state index contributed by atoms with van der Waals surface area (Å²) in [6.45, 7) is 8.53. The first-order valence-electron chi connectivity index (χ1n) is 6.36. The number of carbonyl (C=O) groups is 1. The smallest absolute Gasteiger partial charge is 0.310 e. The Labute approximate surface area is 114 Å². The maximum Gasteiger partial charge on any atom is 0.310 e. The predicted molar refractivity (Wildman–Crippen MR) is 75.6 cm³/mol. The number of aryl methyl sites for hydroxylation is 2. The van der Waals surface area contributed by atoms with Crippen LogP contribution in [0, 0.1) is 19.3 Å². The molecule has 4 nitrogen and oxygen atoms in total. The topological polar surface area (TPSA) is 58.6 Å². The van der Waals surface area contributed by atoms with Gasteiger partial charge >= 0.3 is 5.97 Å². The number of carboxylic acids is 1. The second-order valence-electron chi connectivity index (χ2n) is 5.54. The molecule has 4 heteroatoms. The van der Waals surface area contributed by atoms with Crippen LogP contribution in [0.2, 0.25) is 0 Å². The summed E-state index contributed by atoms with van der Waals surface area (Å²) >= 11 is 0. The molecule has 1 rings (SSSR count). The van der Waals surface area contributed by atoms with Crippen molar-refractivity contribution in [1.29, 1.82) is 0 Å². The molecule has 0 aliphatic rings. The fraction of sp³-hybridized carbons (Fsp3) is 0.533. The van der Waals surface area contributed by atoms with Gasteiger partial charge < -0.3 is 15.2 Å². The molecular weight excluding hydrogens is 242 g/mol. The lowest BCUT2D eigenvalue weighted by Crippen LogP contribution is -2.35. The number of methoxy groups -OCH3 is 1. The molecule has 0 aromatic heterocycles. The first kappa shape index (κ1) is 15.5. The summed E-state index contributed by atoms with van der Waals surface area (Å²) in [6.07, 6.45) is 0. The second kappa shape index (κ2) is 6.06. The Kier molecular flexibility index (Phi) is 4.95. The fourth-order valence-corrected chi connectivity index (χ4v) is 1.76. The summed E-state index contributed by atoms with van der Waals surface area (Å²) in [4.78, 5) is 11.0. The van der Waals surface area contributed by atoms with Crippen molar-refractivity contribution in [2.24, 2.45) is 5.41 Å². The van der Waals surface area contributed by atoms with E-state index in [-0.39, 0.29) is 0 Å². The maximum atomic E-state index is 11.0. The summed E-state index contributed by atoms with van der Waals surface area (Å²) < 4.78 is 5.35. The van der Waals surface area contributed by atoms with Crippen LogP contribution in [0.5, 0.6) is 5.75 Å². The zero-order chi connectivity index (χ0) is 14.6. The van der Waals surface area contributed by atoms with Gasteiger partial charge in [-0.15, -0.1) is 0 Å². The molecule has 2 N–H and O–H groups in total. The molecule has 1 aromatic rings. The Morgan fingerprint density at radius 1 is 1.32 bits per heavy atom. The molecule has 0 radical (unpaired) electrons. The summed E-state index contributed by atoms with van der Waals surface area (Å²) in [5.41, 5.74) is 2.67. The second-order valence-corrected chi connectivity index (χ2v) is 5.54. The van der Waals surface area contributed by atoms with Crippen molar-refractivity contribution >= 4 is 5.97 Å². The molecule has 0 heterocycles. The molecule has 0 aliphatic carbocycles. The summed E-state index contributed by atoms with van der Waals surface area (Å²) in [5, 5.41) is 12.2. The van der Waals surface area contributed by atoms with E-state index in [0.29, 0.717) is 13.1 Å². The summed E-state index contributed by atoms with van der Waals surface area (Å²) in [5.74, 6) is 0.0378. The normalized spacial score (nSPS) is 11.4. The standard InChI is InChI=1S/C15H23NO3/c1-10-6-12(13(19-5)7-11(10)2)8-16-9-15(3,4)14(17)18/h6-7,16H,8-9H2,1-5H3,(H,17,18).